The molecular weight excluding hydrogens is 1440 g/mol. The topological polar surface area (TPSA) is 159 Å². The summed E-state index contributed by atoms with van der Waals surface area (Å²) in [6.45, 7) is 22.3. The van der Waals surface area contributed by atoms with Gasteiger partial charge in [0.2, 0.25) is 18.6 Å². The van der Waals surface area contributed by atoms with Gasteiger partial charge in [-0.15, -0.1) is 0 Å². The Morgan fingerprint density at radius 2 is 0.884 bits per heavy atom. The van der Waals surface area contributed by atoms with E-state index in [9.17, 15) is 41.9 Å². The molecule has 0 radical (unpaired) electrons. The van der Waals surface area contributed by atoms with Crippen molar-refractivity contribution in [1.29, 1.82) is 0 Å². The number of rotatable bonds is 0. The standard InChI is InChI=1S/C11H12ClNO.C11H13FN2O.C11H12FNO.C11H13NO.C10H11F.C10H12N2O.C10H11NO.C9H10O.C8H8O2/c1-7-5-8-3-4-11(14)13(2)10(8)6-9(7)12;1-7-4-8-6-13(2)11(15)14(3)10(8)5-9(7)12;1-7-5-8-3-4-13(2)11(14)9(8)6-10(7)12;1-8-3-4-9-6-11(13)12(2)7-10(9)5-8;1-7-5-8-3-2-4-9(8)6-10(7)11;1-7-4-5-8-9(6-7)12(3)10(13)11(8)2;1-7-3-4-9-8(5-7)6-11(2)10(9)12;1-7-2-3-8-5-10-6-9(8)4-7;1-6-2-3-7-8(4-6)10-5-9-7/h5-6H,3-4H2,1-2H3;4-5H,6H2,1-3H3;5-6H,3-4H2,1-2H3;3-5H,6-7H2,1-2H3;5-6H,2-4H2,1H3;4-6H,1-3H3;3-5H,6H2,1-2H3;2-4H,5-6H2,1H3;2-4H,5H2,1H3. The molecule has 6 amide bonds. The van der Waals surface area contributed by atoms with Crippen molar-refractivity contribution >= 4 is 63.7 Å². The van der Waals surface area contributed by atoms with Crippen LogP contribution in [0.15, 0.2) is 144 Å². The van der Waals surface area contributed by atoms with E-state index in [1.54, 1.807) is 108 Å². The number of anilines is 2. The second-order valence-corrected chi connectivity index (χ2v) is 30.5. The van der Waals surface area contributed by atoms with Gasteiger partial charge in [0.1, 0.15) is 17.5 Å². The van der Waals surface area contributed by atoms with Crippen LogP contribution >= 0.6 is 11.6 Å². The number of urea groups is 1. The summed E-state index contributed by atoms with van der Waals surface area (Å²) in [4.78, 5) is 78.9. The minimum Gasteiger partial charge on any atom is -0.454 e. The number of carbonyl (C=O) groups is 5. The molecule has 21 heteroatoms. The van der Waals surface area contributed by atoms with Gasteiger partial charge in [0.25, 0.3) is 11.8 Å². The molecule has 8 heterocycles. The van der Waals surface area contributed by atoms with E-state index in [1.165, 1.54) is 90.2 Å². The number of amides is 6. The van der Waals surface area contributed by atoms with Crippen molar-refractivity contribution in [3.63, 3.8) is 0 Å². The minimum atomic E-state index is -0.299. The van der Waals surface area contributed by atoms with Crippen LogP contribution in [0.2, 0.25) is 5.02 Å². The number of aryl methyl sites for hydroxylation is 14. The highest BCUT2D eigenvalue weighted by molar-refractivity contribution is 6.31. The van der Waals surface area contributed by atoms with Gasteiger partial charge < -0.3 is 38.7 Å². The molecule has 1 aliphatic carbocycles. The lowest BCUT2D eigenvalue weighted by Gasteiger charge is -2.32. The lowest BCUT2D eigenvalue weighted by atomic mass is 9.97. The van der Waals surface area contributed by atoms with Crippen molar-refractivity contribution in [2.45, 2.75) is 140 Å². The molecule has 112 heavy (non-hydrogen) atoms. The quantitative estimate of drug-likeness (QED) is 0.144. The molecule has 588 valence electrons. The average Bonchev–Trinajstić information content (AvgIpc) is 1.43. The van der Waals surface area contributed by atoms with Crippen LogP contribution in [0, 0.1) is 79.8 Å². The van der Waals surface area contributed by atoms with Crippen molar-refractivity contribution < 1.29 is 51.4 Å². The Morgan fingerprint density at radius 3 is 1.59 bits per heavy atom. The van der Waals surface area contributed by atoms with Gasteiger partial charge >= 0.3 is 11.7 Å². The summed E-state index contributed by atoms with van der Waals surface area (Å²) in [5.74, 6) is 1.55. The molecule has 9 aromatic carbocycles. The molecular formula is C91H102ClF3N8O9. The smallest absolute Gasteiger partial charge is 0.328 e. The zero-order chi connectivity index (χ0) is 81.3. The van der Waals surface area contributed by atoms with Crippen molar-refractivity contribution in [2.75, 3.05) is 65.4 Å². The Bertz CT molecular complexity index is 5220. The molecule has 1 aromatic heterocycles. The predicted molar refractivity (Wildman–Crippen MR) is 437 cm³/mol. The minimum absolute atomic E-state index is 0.0283. The molecule has 18 rings (SSSR count). The first kappa shape index (κ1) is 83.5. The van der Waals surface area contributed by atoms with Gasteiger partial charge in [0, 0.05) is 111 Å². The van der Waals surface area contributed by atoms with Gasteiger partial charge in [-0.3, -0.25) is 33.2 Å². The fraction of sp³-hybridized carbons (Fsp3) is 0.341. The highest BCUT2D eigenvalue weighted by Crippen LogP contribution is 2.35. The molecule has 0 spiro atoms. The molecule has 0 saturated heterocycles. The molecule has 0 atom stereocenters. The third-order valence-electron chi connectivity index (χ3n) is 21.1. The number of fused-ring (bicyclic) bond motifs is 9. The summed E-state index contributed by atoms with van der Waals surface area (Å²) in [6.07, 6.45) is 6.20. The molecule has 7 aliphatic heterocycles. The average molecular weight is 1540 g/mol. The van der Waals surface area contributed by atoms with Gasteiger partial charge in [0.05, 0.1) is 36.4 Å². The Hall–Kier alpha value is -11.0. The molecule has 0 fully saturated rings. The summed E-state index contributed by atoms with van der Waals surface area (Å²) in [5.41, 5.74) is 26.4. The van der Waals surface area contributed by atoms with Gasteiger partial charge in [-0.2, -0.15) is 0 Å². The Morgan fingerprint density at radius 1 is 0.366 bits per heavy atom. The largest absolute Gasteiger partial charge is 0.454 e. The second kappa shape index (κ2) is 36.5. The zero-order valence-corrected chi connectivity index (χ0v) is 68.2. The fourth-order valence-corrected chi connectivity index (χ4v) is 14.5. The van der Waals surface area contributed by atoms with E-state index in [2.05, 4.69) is 62.4 Å². The first-order valence-electron chi connectivity index (χ1n) is 37.6. The second-order valence-electron chi connectivity index (χ2n) is 30.1. The number of imidazole rings is 1. The first-order chi connectivity index (χ1) is 53.1. The number of carbonyl (C=O) groups excluding carboxylic acids is 5. The van der Waals surface area contributed by atoms with E-state index >= 15 is 0 Å². The van der Waals surface area contributed by atoms with Crippen LogP contribution in [0.4, 0.5) is 29.3 Å². The van der Waals surface area contributed by atoms with Gasteiger partial charge in [-0.25, -0.2) is 22.8 Å². The van der Waals surface area contributed by atoms with Crippen molar-refractivity contribution in [2.24, 2.45) is 14.1 Å². The van der Waals surface area contributed by atoms with Crippen LogP contribution in [0.3, 0.4) is 0 Å². The number of ether oxygens (including phenoxy) is 3. The number of hydrogen-bond donors (Lipinski definition) is 0. The predicted octanol–water partition coefficient (Wildman–Crippen LogP) is 17.1. The van der Waals surface area contributed by atoms with Gasteiger partial charge in [0.15, 0.2) is 11.5 Å². The monoisotopic (exact) mass is 1540 g/mol. The van der Waals surface area contributed by atoms with Gasteiger partial charge in [-0.1, -0.05) is 107 Å². The Balaban J connectivity index is 0.000000134. The van der Waals surface area contributed by atoms with E-state index in [4.69, 9.17) is 25.8 Å². The van der Waals surface area contributed by atoms with E-state index < -0.39 is 0 Å². The van der Waals surface area contributed by atoms with Crippen LogP contribution in [-0.2, 0) is 93.4 Å². The third-order valence-corrected chi connectivity index (χ3v) is 21.5. The van der Waals surface area contributed by atoms with Crippen LogP contribution < -0.4 is 25.0 Å². The molecule has 0 saturated carbocycles. The number of halogens is 4. The highest BCUT2D eigenvalue weighted by atomic mass is 35.5. The number of hydrogen-bond acceptors (Lipinski definition) is 9. The fourth-order valence-electron chi connectivity index (χ4n) is 14.3. The maximum absolute atomic E-state index is 13.4. The van der Waals surface area contributed by atoms with Crippen LogP contribution in [-0.4, -0.2) is 114 Å². The van der Waals surface area contributed by atoms with Crippen molar-refractivity contribution in [1.82, 2.24) is 28.7 Å². The summed E-state index contributed by atoms with van der Waals surface area (Å²) >= 11 is 6.02. The lowest BCUT2D eigenvalue weighted by molar-refractivity contribution is -0.130. The lowest BCUT2D eigenvalue weighted by Crippen LogP contribution is -2.42. The maximum atomic E-state index is 13.4. The van der Waals surface area contributed by atoms with Crippen molar-refractivity contribution in [3.8, 4) is 11.5 Å². The van der Waals surface area contributed by atoms with E-state index in [-0.39, 0.29) is 52.8 Å². The van der Waals surface area contributed by atoms with E-state index in [1.807, 2.05) is 109 Å². The molecule has 0 bridgehead atoms. The number of nitrogens with zero attached hydrogens (tertiary/aromatic N) is 8. The van der Waals surface area contributed by atoms with Crippen LogP contribution in [0.25, 0.3) is 11.0 Å². The number of aromatic nitrogens is 2. The number of benzene rings is 9. The highest BCUT2D eigenvalue weighted by Gasteiger charge is 2.28. The summed E-state index contributed by atoms with van der Waals surface area (Å²) in [5, 5.41) is 0.727. The maximum Gasteiger partial charge on any atom is 0.328 e. The number of likely N-dealkylation sites (N-methyl/N-ethyl adjacent to an activating group) is 2. The summed E-state index contributed by atoms with van der Waals surface area (Å²) in [6, 6.07) is 44.5. The normalized spacial score (nSPS) is 14.8. The van der Waals surface area contributed by atoms with Crippen LogP contribution in [0.1, 0.15) is 139 Å². The van der Waals surface area contributed by atoms with E-state index in [0.29, 0.717) is 48.6 Å². The molecule has 0 N–H and O–H groups in total. The first-order valence-corrected chi connectivity index (χ1v) is 38.0. The van der Waals surface area contributed by atoms with Crippen LogP contribution in [0.5, 0.6) is 11.5 Å². The molecule has 0 unspecified atom stereocenters. The Labute approximate surface area is 660 Å². The van der Waals surface area contributed by atoms with Crippen molar-refractivity contribution in [3.05, 3.63) is 289 Å². The van der Waals surface area contributed by atoms with Gasteiger partial charge in [-0.05, 0) is 244 Å². The zero-order valence-electron chi connectivity index (χ0n) is 67.4. The van der Waals surface area contributed by atoms with E-state index in [0.717, 1.165) is 125 Å². The molecule has 10 aromatic rings. The molecule has 17 nitrogen and oxygen atoms in total. The SMILES string of the molecule is Cc1cc2c(cc1Cl)N(C)C(=O)CC2.Cc1cc2c(cc1F)C(=O)N(C)CC2.Cc1cc2c(cc1F)CCC2.Cc1cc2c(cc1F)N(C)C(=O)N(C)C2.Cc1ccc2c(c1)CN(C)C(=O)C2.Cc1ccc2c(c1)CN(C)C2=O.Cc1ccc2c(c1)COC2.Cc1ccc2c(c1)OCO2.Cc1ccc2c(c1)n(C)c(=O)n2C. The Kier molecular flexibility index (Phi) is 27.2. The third kappa shape index (κ3) is 20.0. The molecule has 8 aliphatic rings. The summed E-state index contributed by atoms with van der Waals surface area (Å²) in [7, 11) is 14.2. The summed E-state index contributed by atoms with van der Waals surface area (Å²) < 4.78 is 58.5.